The summed E-state index contributed by atoms with van der Waals surface area (Å²) in [5.74, 6) is -0.565. The third kappa shape index (κ3) is 3.91. The molecule has 5 nitrogen and oxygen atoms in total. The van der Waals surface area contributed by atoms with E-state index in [2.05, 4.69) is 10.6 Å². The number of carboxylic acids is 1. The number of carbonyl (C=O) groups excluding carboxylic acids is 1. The van der Waals surface area contributed by atoms with Gasteiger partial charge in [0.25, 0.3) is 0 Å². The average Bonchev–Trinajstić information content (AvgIpc) is 2.27. The van der Waals surface area contributed by atoms with E-state index in [0.29, 0.717) is 25.3 Å². The third-order valence-electron chi connectivity index (χ3n) is 3.14. The minimum Gasteiger partial charge on any atom is -0.480 e. The van der Waals surface area contributed by atoms with Gasteiger partial charge in [0, 0.05) is 6.54 Å². The van der Waals surface area contributed by atoms with E-state index < -0.39 is 11.5 Å². The van der Waals surface area contributed by atoms with Crippen LogP contribution < -0.4 is 10.6 Å². The van der Waals surface area contributed by atoms with Gasteiger partial charge in [-0.05, 0) is 18.8 Å². The molecule has 1 aliphatic rings. The van der Waals surface area contributed by atoms with Gasteiger partial charge in [0.1, 0.15) is 5.54 Å². The van der Waals surface area contributed by atoms with E-state index in [9.17, 15) is 14.7 Å². The predicted octanol–water partition coefficient (Wildman–Crippen LogP) is 1.73. The highest BCUT2D eigenvalue weighted by molar-refractivity contribution is 5.86. The van der Waals surface area contributed by atoms with Crippen molar-refractivity contribution in [1.29, 1.82) is 0 Å². The Hall–Kier alpha value is -1.26. The summed E-state index contributed by atoms with van der Waals surface area (Å²) in [6, 6.07) is -0.372. The molecule has 98 valence electrons. The van der Waals surface area contributed by atoms with Crippen molar-refractivity contribution in [2.75, 3.05) is 6.54 Å². The SMILES string of the molecule is CC(C)CNC(=O)NC1(C(=O)O)CCCCC1. The second-order valence-corrected chi connectivity index (χ2v) is 5.18. The van der Waals surface area contributed by atoms with Crippen LogP contribution in [0.25, 0.3) is 0 Å². The fourth-order valence-corrected chi connectivity index (χ4v) is 2.11. The summed E-state index contributed by atoms with van der Waals surface area (Å²) in [6.07, 6.45) is 3.81. The summed E-state index contributed by atoms with van der Waals surface area (Å²) in [4.78, 5) is 22.9. The van der Waals surface area contributed by atoms with Crippen molar-refractivity contribution in [1.82, 2.24) is 10.6 Å². The minimum absolute atomic E-state index is 0.355. The predicted molar refractivity (Wildman–Crippen MR) is 64.8 cm³/mol. The molecule has 3 N–H and O–H groups in total. The summed E-state index contributed by atoms with van der Waals surface area (Å²) in [7, 11) is 0. The maximum atomic E-state index is 11.6. The van der Waals surface area contributed by atoms with Crippen molar-refractivity contribution in [3.8, 4) is 0 Å². The van der Waals surface area contributed by atoms with Crippen LogP contribution in [0, 0.1) is 5.92 Å². The Labute approximate surface area is 102 Å². The molecule has 0 aromatic rings. The van der Waals surface area contributed by atoms with Crippen LogP contribution in [0.2, 0.25) is 0 Å². The number of nitrogens with one attached hydrogen (secondary N) is 2. The number of amides is 2. The van der Waals surface area contributed by atoms with E-state index >= 15 is 0 Å². The topological polar surface area (TPSA) is 78.4 Å². The first-order valence-corrected chi connectivity index (χ1v) is 6.26. The van der Waals surface area contributed by atoms with Crippen LogP contribution in [0.15, 0.2) is 0 Å². The van der Waals surface area contributed by atoms with Crippen molar-refractivity contribution in [3.05, 3.63) is 0 Å². The van der Waals surface area contributed by atoms with E-state index in [4.69, 9.17) is 0 Å². The molecule has 2 amide bonds. The Balaban J connectivity index is 2.54. The Kier molecular flexibility index (Phi) is 4.78. The zero-order valence-electron chi connectivity index (χ0n) is 10.6. The quantitative estimate of drug-likeness (QED) is 0.702. The van der Waals surface area contributed by atoms with Gasteiger partial charge in [0.15, 0.2) is 0 Å². The van der Waals surface area contributed by atoms with Gasteiger partial charge in [-0.15, -0.1) is 0 Å². The molecule has 0 radical (unpaired) electrons. The number of hydrogen-bond acceptors (Lipinski definition) is 2. The van der Waals surface area contributed by atoms with Crippen LogP contribution in [0.4, 0.5) is 4.79 Å². The number of hydrogen-bond donors (Lipinski definition) is 3. The highest BCUT2D eigenvalue weighted by Gasteiger charge is 2.40. The van der Waals surface area contributed by atoms with Gasteiger partial charge in [0.2, 0.25) is 0 Å². The number of rotatable bonds is 4. The molecule has 0 saturated heterocycles. The minimum atomic E-state index is -1.06. The molecule has 5 heteroatoms. The van der Waals surface area contributed by atoms with Gasteiger partial charge in [-0.2, -0.15) is 0 Å². The van der Waals surface area contributed by atoms with Crippen LogP contribution in [-0.2, 0) is 4.79 Å². The van der Waals surface area contributed by atoms with Gasteiger partial charge in [-0.25, -0.2) is 9.59 Å². The molecule has 1 fully saturated rings. The normalized spacial score (nSPS) is 18.8. The Morgan fingerprint density at radius 2 is 1.82 bits per heavy atom. The Bertz CT molecular complexity index is 283. The molecule has 0 aromatic carbocycles. The fraction of sp³-hybridized carbons (Fsp3) is 0.833. The molecule has 0 unspecified atom stereocenters. The van der Waals surface area contributed by atoms with Crippen LogP contribution in [0.3, 0.4) is 0 Å². The lowest BCUT2D eigenvalue weighted by molar-refractivity contribution is -0.145. The van der Waals surface area contributed by atoms with Crippen molar-refractivity contribution >= 4 is 12.0 Å². The summed E-state index contributed by atoms with van der Waals surface area (Å²) in [5, 5.41) is 14.6. The number of carbonyl (C=O) groups is 2. The largest absolute Gasteiger partial charge is 0.480 e. The molecule has 17 heavy (non-hydrogen) atoms. The van der Waals surface area contributed by atoms with Gasteiger partial charge in [-0.1, -0.05) is 33.1 Å². The first kappa shape index (κ1) is 13.8. The summed E-state index contributed by atoms with van der Waals surface area (Å²) >= 11 is 0. The Morgan fingerprint density at radius 3 is 2.29 bits per heavy atom. The molecular weight excluding hydrogens is 220 g/mol. The standard InChI is InChI=1S/C12H22N2O3/c1-9(2)8-13-11(17)14-12(10(15)16)6-4-3-5-7-12/h9H,3-8H2,1-2H3,(H,15,16)(H2,13,14,17). The molecule has 0 bridgehead atoms. The highest BCUT2D eigenvalue weighted by Crippen LogP contribution is 2.28. The summed E-state index contributed by atoms with van der Waals surface area (Å²) < 4.78 is 0. The van der Waals surface area contributed by atoms with Crippen LogP contribution in [-0.4, -0.2) is 29.2 Å². The molecule has 1 rings (SSSR count). The monoisotopic (exact) mass is 242 g/mol. The molecular formula is C12H22N2O3. The molecule has 0 heterocycles. The van der Waals surface area contributed by atoms with Crippen LogP contribution in [0.1, 0.15) is 46.0 Å². The number of aliphatic carboxylic acids is 1. The lowest BCUT2D eigenvalue weighted by Crippen LogP contribution is -2.58. The lowest BCUT2D eigenvalue weighted by Gasteiger charge is -2.34. The average molecular weight is 242 g/mol. The van der Waals surface area contributed by atoms with E-state index in [1.165, 1.54) is 0 Å². The molecule has 0 spiro atoms. The zero-order chi connectivity index (χ0) is 12.9. The maximum absolute atomic E-state index is 11.6. The van der Waals surface area contributed by atoms with Gasteiger partial charge < -0.3 is 15.7 Å². The smallest absolute Gasteiger partial charge is 0.329 e. The summed E-state index contributed by atoms with van der Waals surface area (Å²) in [6.45, 7) is 4.54. The summed E-state index contributed by atoms with van der Waals surface area (Å²) in [5.41, 5.74) is -1.06. The van der Waals surface area contributed by atoms with Gasteiger partial charge in [0.05, 0.1) is 0 Å². The van der Waals surface area contributed by atoms with Crippen LogP contribution >= 0.6 is 0 Å². The Morgan fingerprint density at radius 1 is 1.24 bits per heavy atom. The number of carboxylic acid groups (broad SMARTS) is 1. The van der Waals surface area contributed by atoms with E-state index in [0.717, 1.165) is 19.3 Å². The molecule has 0 aromatic heterocycles. The molecule has 0 aliphatic heterocycles. The zero-order valence-corrected chi connectivity index (χ0v) is 10.6. The first-order chi connectivity index (χ1) is 7.96. The van der Waals surface area contributed by atoms with Crippen molar-refractivity contribution < 1.29 is 14.7 Å². The molecule has 0 atom stereocenters. The van der Waals surface area contributed by atoms with E-state index in [-0.39, 0.29) is 6.03 Å². The van der Waals surface area contributed by atoms with Gasteiger partial charge in [-0.3, -0.25) is 0 Å². The molecule has 1 aliphatic carbocycles. The lowest BCUT2D eigenvalue weighted by atomic mass is 9.82. The second kappa shape index (κ2) is 5.89. The number of urea groups is 1. The van der Waals surface area contributed by atoms with Crippen molar-refractivity contribution in [2.24, 2.45) is 5.92 Å². The van der Waals surface area contributed by atoms with Crippen molar-refractivity contribution in [2.45, 2.75) is 51.5 Å². The second-order valence-electron chi connectivity index (χ2n) is 5.18. The molecule has 1 saturated carbocycles. The van der Waals surface area contributed by atoms with E-state index in [1.807, 2.05) is 13.8 Å². The highest BCUT2D eigenvalue weighted by atomic mass is 16.4. The van der Waals surface area contributed by atoms with Crippen molar-refractivity contribution in [3.63, 3.8) is 0 Å². The van der Waals surface area contributed by atoms with E-state index in [1.54, 1.807) is 0 Å². The van der Waals surface area contributed by atoms with Gasteiger partial charge >= 0.3 is 12.0 Å². The third-order valence-corrected chi connectivity index (χ3v) is 3.14. The maximum Gasteiger partial charge on any atom is 0.329 e. The fourth-order valence-electron chi connectivity index (χ4n) is 2.11. The first-order valence-electron chi connectivity index (χ1n) is 6.26. The van der Waals surface area contributed by atoms with Crippen LogP contribution in [0.5, 0.6) is 0 Å².